The Hall–Kier alpha value is -0.770. The number of nitrogens with zero attached hydrogens (tertiary/aromatic N) is 1. The summed E-state index contributed by atoms with van der Waals surface area (Å²) in [6, 6.07) is 0. The number of carbonyl (C=O) groups excluding carboxylic acids is 2. The van der Waals surface area contributed by atoms with Gasteiger partial charge in [-0.05, 0) is 18.8 Å². The van der Waals surface area contributed by atoms with Crippen LogP contribution in [0.2, 0.25) is 0 Å². The number of amides is 2. The summed E-state index contributed by atoms with van der Waals surface area (Å²) >= 11 is 5.37. The van der Waals surface area contributed by atoms with Gasteiger partial charge in [-0.25, -0.2) is 0 Å². The summed E-state index contributed by atoms with van der Waals surface area (Å²) < 4.78 is 0. The van der Waals surface area contributed by atoms with Gasteiger partial charge in [0.05, 0.1) is 6.54 Å². The molecule has 0 heterocycles. The zero-order chi connectivity index (χ0) is 11.3. The van der Waals surface area contributed by atoms with E-state index in [0.717, 1.165) is 6.54 Å². The minimum Gasteiger partial charge on any atom is -0.354 e. The summed E-state index contributed by atoms with van der Waals surface area (Å²) in [5.41, 5.74) is 0. The molecule has 4 nitrogen and oxygen atoms in total. The highest BCUT2D eigenvalue weighted by molar-refractivity contribution is 6.27. The molecule has 0 saturated heterocycles. The smallest absolute Gasteiger partial charge is 0.239 e. The first-order chi connectivity index (χ1) is 7.13. The van der Waals surface area contributed by atoms with Crippen LogP contribution in [0.3, 0.4) is 0 Å². The van der Waals surface area contributed by atoms with E-state index in [1.807, 2.05) is 0 Å². The molecule has 15 heavy (non-hydrogen) atoms. The van der Waals surface area contributed by atoms with E-state index in [-0.39, 0.29) is 24.2 Å². The molecule has 0 bridgehead atoms. The zero-order valence-corrected chi connectivity index (χ0v) is 9.72. The standard InChI is InChI=1S/C10H17ClN2O2/c1-13(10(15)5-11)7-9(14)12-6-8-3-2-4-8/h8H,2-7H2,1H3,(H,12,14). The maximum atomic E-state index is 11.4. The number of likely N-dealkylation sites (N-methyl/N-ethyl adjacent to an activating group) is 1. The molecular weight excluding hydrogens is 216 g/mol. The molecule has 0 aromatic heterocycles. The summed E-state index contributed by atoms with van der Waals surface area (Å²) in [7, 11) is 1.58. The molecule has 1 N–H and O–H groups in total. The molecule has 5 heteroatoms. The largest absolute Gasteiger partial charge is 0.354 e. The summed E-state index contributed by atoms with van der Waals surface area (Å²) in [4.78, 5) is 23.8. The van der Waals surface area contributed by atoms with Crippen LogP contribution < -0.4 is 5.32 Å². The molecule has 0 radical (unpaired) electrons. The van der Waals surface area contributed by atoms with Crippen molar-refractivity contribution in [3.8, 4) is 0 Å². The maximum absolute atomic E-state index is 11.4. The lowest BCUT2D eigenvalue weighted by Gasteiger charge is -2.25. The third kappa shape index (κ3) is 4.08. The fourth-order valence-corrected chi connectivity index (χ4v) is 1.62. The number of rotatable bonds is 5. The Morgan fingerprint density at radius 3 is 2.60 bits per heavy atom. The van der Waals surface area contributed by atoms with E-state index in [1.54, 1.807) is 7.05 Å². The fourth-order valence-electron chi connectivity index (χ4n) is 1.42. The second-order valence-electron chi connectivity index (χ2n) is 3.98. The second kappa shape index (κ2) is 5.95. The van der Waals surface area contributed by atoms with Gasteiger partial charge in [-0.1, -0.05) is 6.42 Å². The third-order valence-electron chi connectivity index (χ3n) is 2.73. The molecule has 86 valence electrons. The Kier molecular flexibility index (Phi) is 4.88. The van der Waals surface area contributed by atoms with Crippen LogP contribution in [-0.2, 0) is 9.59 Å². The van der Waals surface area contributed by atoms with Crippen LogP contribution in [0.25, 0.3) is 0 Å². The Labute approximate surface area is 95.0 Å². The quantitative estimate of drug-likeness (QED) is 0.706. The van der Waals surface area contributed by atoms with Crippen molar-refractivity contribution in [1.82, 2.24) is 10.2 Å². The fraction of sp³-hybridized carbons (Fsp3) is 0.800. The molecule has 1 aliphatic carbocycles. The first kappa shape index (κ1) is 12.3. The van der Waals surface area contributed by atoms with E-state index in [9.17, 15) is 9.59 Å². The van der Waals surface area contributed by atoms with Crippen LogP contribution >= 0.6 is 11.6 Å². The topological polar surface area (TPSA) is 49.4 Å². The molecule has 0 aliphatic heterocycles. The lowest BCUT2D eigenvalue weighted by atomic mass is 9.85. The average molecular weight is 233 g/mol. The number of hydrogen-bond donors (Lipinski definition) is 1. The van der Waals surface area contributed by atoms with E-state index in [4.69, 9.17) is 11.6 Å². The van der Waals surface area contributed by atoms with E-state index >= 15 is 0 Å². The minimum atomic E-state index is -0.226. The Morgan fingerprint density at radius 2 is 2.13 bits per heavy atom. The van der Waals surface area contributed by atoms with E-state index in [0.29, 0.717) is 5.92 Å². The number of carbonyl (C=O) groups is 2. The van der Waals surface area contributed by atoms with Gasteiger partial charge in [0, 0.05) is 13.6 Å². The number of halogens is 1. The predicted molar refractivity (Wildman–Crippen MR) is 58.7 cm³/mol. The number of alkyl halides is 1. The number of nitrogens with one attached hydrogen (secondary N) is 1. The van der Waals surface area contributed by atoms with Gasteiger partial charge in [0.15, 0.2) is 0 Å². The molecule has 1 saturated carbocycles. The summed E-state index contributed by atoms with van der Waals surface area (Å²) in [5.74, 6) is 0.230. The normalized spacial score (nSPS) is 15.6. The zero-order valence-electron chi connectivity index (χ0n) is 8.96. The van der Waals surface area contributed by atoms with Crippen molar-refractivity contribution in [2.75, 3.05) is 26.0 Å². The predicted octanol–water partition coefficient (Wildman–Crippen LogP) is 0.600. The molecular formula is C10H17ClN2O2. The van der Waals surface area contributed by atoms with Gasteiger partial charge >= 0.3 is 0 Å². The van der Waals surface area contributed by atoms with Gasteiger partial charge in [-0.3, -0.25) is 9.59 Å². The van der Waals surface area contributed by atoms with Crippen molar-refractivity contribution >= 4 is 23.4 Å². The second-order valence-corrected chi connectivity index (χ2v) is 4.25. The van der Waals surface area contributed by atoms with Crippen molar-refractivity contribution < 1.29 is 9.59 Å². The average Bonchev–Trinajstić information content (AvgIpc) is 2.14. The molecule has 0 aromatic carbocycles. The van der Waals surface area contributed by atoms with Crippen LogP contribution in [0, 0.1) is 5.92 Å². The van der Waals surface area contributed by atoms with Crippen LogP contribution in [0.4, 0.5) is 0 Å². The van der Waals surface area contributed by atoms with Gasteiger partial charge in [0.25, 0.3) is 0 Å². The highest BCUT2D eigenvalue weighted by atomic mass is 35.5. The van der Waals surface area contributed by atoms with E-state index in [2.05, 4.69) is 5.32 Å². The lowest BCUT2D eigenvalue weighted by molar-refractivity contribution is -0.132. The van der Waals surface area contributed by atoms with E-state index < -0.39 is 0 Å². The van der Waals surface area contributed by atoms with Gasteiger partial charge in [0.2, 0.25) is 11.8 Å². The Bertz CT molecular complexity index is 242. The number of hydrogen-bond acceptors (Lipinski definition) is 2. The van der Waals surface area contributed by atoms with Crippen LogP contribution in [0.1, 0.15) is 19.3 Å². The molecule has 1 aliphatic rings. The molecule has 0 aromatic rings. The molecule has 1 rings (SSSR count). The van der Waals surface area contributed by atoms with Gasteiger partial charge < -0.3 is 10.2 Å². The van der Waals surface area contributed by atoms with Crippen LogP contribution in [0.15, 0.2) is 0 Å². The summed E-state index contributed by atoms with van der Waals surface area (Å²) in [6.45, 7) is 0.833. The SMILES string of the molecule is CN(CC(=O)NCC1CCC1)C(=O)CCl. The van der Waals surface area contributed by atoms with Gasteiger partial charge in [0.1, 0.15) is 5.88 Å². The molecule has 1 fully saturated rings. The van der Waals surface area contributed by atoms with Crippen LogP contribution in [0.5, 0.6) is 0 Å². The summed E-state index contributed by atoms with van der Waals surface area (Å²) in [5, 5.41) is 2.82. The first-order valence-corrected chi connectivity index (χ1v) is 5.73. The maximum Gasteiger partial charge on any atom is 0.239 e. The Balaban J connectivity index is 2.13. The van der Waals surface area contributed by atoms with Gasteiger partial charge in [-0.2, -0.15) is 0 Å². The van der Waals surface area contributed by atoms with Gasteiger partial charge in [-0.15, -0.1) is 11.6 Å². The van der Waals surface area contributed by atoms with Crippen molar-refractivity contribution in [3.63, 3.8) is 0 Å². The third-order valence-corrected chi connectivity index (χ3v) is 2.96. The van der Waals surface area contributed by atoms with Crippen molar-refractivity contribution in [2.45, 2.75) is 19.3 Å². The molecule has 2 amide bonds. The molecule has 0 unspecified atom stereocenters. The molecule has 0 spiro atoms. The minimum absolute atomic E-state index is 0.0770. The lowest BCUT2D eigenvalue weighted by Crippen LogP contribution is -2.41. The van der Waals surface area contributed by atoms with Crippen molar-refractivity contribution in [2.24, 2.45) is 5.92 Å². The van der Waals surface area contributed by atoms with Crippen molar-refractivity contribution in [1.29, 1.82) is 0 Å². The monoisotopic (exact) mass is 232 g/mol. The first-order valence-electron chi connectivity index (χ1n) is 5.20. The van der Waals surface area contributed by atoms with Crippen molar-refractivity contribution in [3.05, 3.63) is 0 Å². The molecule has 0 atom stereocenters. The van der Waals surface area contributed by atoms with E-state index in [1.165, 1.54) is 24.2 Å². The summed E-state index contributed by atoms with van der Waals surface area (Å²) in [6.07, 6.45) is 3.68. The van der Waals surface area contributed by atoms with Crippen LogP contribution in [-0.4, -0.2) is 42.7 Å². The highest BCUT2D eigenvalue weighted by Gasteiger charge is 2.18. The highest BCUT2D eigenvalue weighted by Crippen LogP contribution is 2.24. The Morgan fingerprint density at radius 1 is 1.47 bits per heavy atom.